The van der Waals surface area contributed by atoms with Gasteiger partial charge >= 0.3 is 5.97 Å². The summed E-state index contributed by atoms with van der Waals surface area (Å²) in [6.45, 7) is 7.56. The molecule has 0 aliphatic carbocycles. The summed E-state index contributed by atoms with van der Waals surface area (Å²) >= 11 is 6.92. The fraction of sp³-hybridized carbons (Fsp3) is 0.286. The monoisotopic (exact) mass is 432 g/mol. The summed E-state index contributed by atoms with van der Waals surface area (Å²) in [6.07, 6.45) is 2.42. The molecule has 0 unspecified atom stereocenters. The van der Waals surface area contributed by atoms with E-state index in [2.05, 4.69) is 0 Å². The standard InChI is InChI=1S/C21H21ClN2O4S/c1-5-11(2)24-19(25)18(29-21(24)28)9-14-8-12(3)23(13(14)4)15-6-7-17(22)16(10-15)20(26)27/h6-11H,5H2,1-4H3,(H,26,27)/b18-9+/t11-/m1/s1. The van der Waals surface area contributed by atoms with E-state index < -0.39 is 5.97 Å². The first kappa shape index (κ1) is 21.2. The van der Waals surface area contributed by atoms with Crippen LogP contribution >= 0.6 is 23.4 Å². The first-order valence-electron chi connectivity index (χ1n) is 9.14. The molecule has 1 aliphatic heterocycles. The molecule has 152 valence electrons. The van der Waals surface area contributed by atoms with Crippen molar-refractivity contribution >= 4 is 46.6 Å². The number of nitrogens with zero attached hydrogens (tertiary/aromatic N) is 2. The molecule has 8 heteroatoms. The topological polar surface area (TPSA) is 79.6 Å². The summed E-state index contributed by atoms with van der Waals surface area (Å²) in [5.74, 6) is -1.38. The van der Waals surface area contributed by atoms with Crippen LogP contribution in [0.15, 0.2) is 29.2 Å². The number of aromatic carboxylic acids is 1. The third-order valence-corrected chi connectivity index (χ3v) is 6.26. The highest BCUT2D eigenvalue weighted by Crippen LogP contribution is 2.35. The van der Waals surface area contributed by atoms with Crippen molar-refractivity contribution in [1.29, 1.82) is 0 Å². The number of rotatable bonds is 5. The number of thioether (sulfide) groups is 1. The van der Waals surface area contributed by atoms with Gasteiger partial charge in [0, 0.05) is 23.1 Å². The molecule has 2 aromatic rings. The van der Waals surface area contributed by atoms with Crippen molar-refractivity contribution in [3.8, 4) is 5.69 Å². The summed E-state index contributed by atoms with van der Waals surface area (Å²) in [6, 6.07) is 6.57. The van der Waals surface area contributed by atoms with Gasteiger partial charge in [0.1, 0.15) is 0 Å². The maximum Gasteiger partial charge on any atom is 0.337 e. The van der Waals surface area contributed by atoms with Crippen LogP contribution < -0.4 is 0 Å². The van der Waals surface area contributed by atoms with Crippen molar-refractivity contribution < 1.29 is 19.5 Å². The summed E-state index contributed by atoms with van der Waals surface area (Å²) in [7, 11) is 0. The zero-order valence-electron chi connectivity index (χ0n) is 16.5. The Bertz CT molecular complexity index is 1060. The van der Waals surface area contributed by atoms with E-state index in [1.54, 1.807) is 18.2 Å². The zero-order valence-corrected chi connectivity index (χ0v) is 18.1. The molecule has 1 N–H and O–H groups in total. The molecule has 0 bridgehead atoms. The maximum atomic E-state index is 12.7. The second-order valence-electron chi connectivity index (χ2n) is 6.94. The van der Waals surface area contributed by atoms with Gasteiger partial charge in [-0.05, 0) is 74.9 Å². The molecule has 1 saturated heterocycles. The van der Waals surface area contributed by atoms with Crippen molar-refractivity contribution in [3.63, 3.8) is 0 Å². The Labute approximate surface area is 178 Å². The fourth-order valence-electron chi connectivity index (χ4n) is 3.33. The minimum absolute atomic E-state index is 0.0212. The van der Waals surface area contributed by atoms with E-state index in [0.717, 1.165) is 28.7 Å². The van der Waals surface area contributed by atoms with E-state index in [4.69, 9.17) is 11.6 Å². The number of halogens is 1. The quantitative estimate of drug-likeness (QED) is 0.650. The van der Waals surface area contributed by atoms with Gasteiger partial charge < -0.3 is 9.67 Å². The minimum atomic E-state index is -1.10. The smallest absolute Gasteiger partial charge is 0.337 e. The molecule has 1 aromatic heterocycles. The molecule has 2 heterocycles. The molecule has 29 heavy (non-hydrogen) atoms. The van der Waals surface area contributed by atoms with Crippen LogP contribution in [0, 0.1) is 13.8 Å². The van der Waals surface area contributed by atoms with Crippen LogP contribution in [-0.2, 0) is 4.79 Å². The average molecular weight is 433 g/mol. The third kappa shape index (κ3) is 3.84. The number of hydrogen-bond acceptors (Lipinski definition) is 4. The summed E-state index contributed by atoms with van der Waals surface area (Å²) in [4.78, 5) is 38.0. The average Bonchev–Trinajstić information content (AvgIpc) is 3.10. The highest BCUT2D eigenvalue weighted by Gasteiger charge is 2.37. The molecule has 1 atom stereocenters. The van der Waals surface area contributed by atoms with Crippen LogP contribution in [0.5, 0.6) is 0 Å². The van der Waals surface area contributed by atoms with Gasteiger partial charge in [-0.1, -0.05) is 18.5 Å². The summed E-state index contributed by atoms with van der Waals surface area (Å²) < 4.78 is 1.90. The van der Waals surface area contributed by atoms with Gasteiger partial charge in [0.2, 0.25) is 0 Å². The minimum Gasteiger partial charge on any atom is -0.478 e. The van der Waals surface area contributed by atoms with Crippen molar-refractivity contribution in [2.75, 3.05) is 0 Å². The van der Waals surface area contributed by atoms with Gasteiger partial charge in [-0.15, -0.1) is 0 Å². The lowest BCUT2D eigenvalue weighted by atomic mass is 10.2. The maximum absolute atomic E-state index is 12.7. The van der Waals surface area contributed by atoms with E-state index in [1.807, 2.05) is 38.3 Å². The molecule has 0 radical (unpaired) electrons. The molecule has 3 rings (SSSR count). The highest BCUT2D eigenvalue weighted by molar-refractivity contribution is 8.18. The summed E-state index contributed by atoms with van der Waals surface area (Å²) in [5, 5.41) is 9.25. The van der Waals surface area contributed by atoms with Crippen molar-refractivity contribution in [2.45, 2.75) is 40.2 Å². The second kappa shape index (κ2) is 8.08. The van der Waals surface area contributed by atoms with Gasteiger partial charge in [0.05, 0.1) is 15.5 Å². The van der Waals surface area contributed by atoms with Crippen LogP contribution in [0.2, 0.25) is 5.02 Å². The van der Waals surface area contributed by atoms with Gasteiger partial charge in [-0.2, -0.15) is 0 Å². The second-order valence-corrected chi connectivity index (χ2v) is 8.34. The zero-order chi connectivity index (χ0) is 21.5. The predicted molar refractivity (Wildman–Crippen MR) is 115 cm³/mol. The number of aryl methyl sites for hydroxylation is 1. The van der Waals surface area contributed by atoms with Crippen molar-refractivity contribution in [3.05, 3.63) is 56.7 Å². The molecule has 1 aromatic carbocycles. The Kier molecular flexibility index (Phi) is 5.91. The number of carboxylic acids is 1. The molecular weight excluding hydrogens is 412 g/mol. The molecule has 1 fully saturated rings. The number of aromatic nitrogens is 1. The first-order chi connectivity index (χ1) is 13.6. The van der Waals surface area contributed by atoms with Crippen LogP contribution in [0.4, 0.5) is 4.79 Å². The number of carbonyl (C=O) groups excluding carboxylic acids is 2. The van der Waals surface area contributed by atoms with Gasteiger partial charge in [-0.25, -0.2) is 4.79 Å². The first-order valence-corrected chi connectivity index (χ1v) is 10.3. The molecular formula is C21H21ClN2O4S. The number of carboxylic acid groups (broad SMARTS) is 1. The normalized spacial score (nSPS) is 16.7. The van der Waals surface area contributed by atoms with Crippen LogP contribution in [0.1, 0.15) is 47.6 Å². The van der Waals surface area contributed by atoms with Crippen LogP contribution in [0.25, 0.3) is 11.8 Å². The molecule has 6 nitrogen and oxygen atoms in total. The number of amides is 2. The lowest BCUT2D eigenvalue weighted by Gasteiger charge is -2.19. The molecule has 1 aliphatic rings. The Morgan fingerprint density at radius 2 is 1.97 bits per heavy atom. The molecule has 0 spiro atoms. The number of carbonyl (C=O) groups is 3. The summed E-state index contributed by atoms with van der Waals surface area (Å²) in [5.41, 5.74) is 3.18. The van der Waals surface area contributed by atoms with E-state index in [9.17, 15) is 19.5 Å². The van der Waals surface area contributed by atoms with E-state index in [-0.39, 0.29) is 27.8 Å². The third-order valence-electron chi connectivity index (χ3n) is 5.05. The van der Waals surface area contributed by atoms with Crippen LogP contribution in [-0.4, -0.2) is 37.7 Å². The number of benzene rings is 1. The van der Waals surface area contributed by atoms with E-state index in [1.165, 1.54) is 11.0 Å². The van der Waals surface area contributed by atoms with Crippen molar-refractivity contribution in [2.24, 2.45) is 0 Å². The largest absolute Gasteiger partial charge is 0.478 e. The lowest BCUT2D eigenvalue weighted by Crippen LogP contribution is -2.36. The van der Waals surface area contributed by atoms with E-state index >= 15 is 0 Å². The Morgan fingerprint density at radius 3 is 2.59 bits per heavy atom. The van der Waals surface area contributed by atoms with Gasteiger partial charge in [0.15, 0.2) is 0 Å². The number of imide groups is 1. The Hall–Kier alpha value is -2.51. The number of hydrogen-bond donors (Lipinski definition) is 1. The molecule has 2 amide bonds. The Balaban J connectivity index is 2.02. The van der Waals surface area contributed by atoms with Crippen LogP contribution in [0.3, 0.4) is 0 Å². The fourth-order valence-corrected chi connectivity index (χ4v) is 4.45. The van der Waals surface area contributed by atoms with Gasteiger partial charge in [0.25, 0.3) is 11.1 Å². The molecule has 0 saturated carbocycles. The van der Waals surface area contributed by atoms with Crippen molar-refractivity contribution in [1.82, 2.24) is 9.47 Å². The predicted octanol–water partition coefficient (Wildman–Crippen LogP) is 5.28. The highest BCUT2D eigenvalue weighted by atomic mass is 35.5. The lowest BCUT2D eigenvalue weighted by molar-refractivity contribution is -0.124. The van der Waals surface area contributed by atoms with E-state index in [0.29, 0.717) is 17.0 Å². The Morgan fingerprint density at radius 1 is 1.28 bits per heavy atom. The van der Waals surface area contributed by atoms with Gasteiger partial charge in [-0.3, -0.25) is 14.5 Å². The SMILES string of the molecule is CC[C@@H](C)N1C(=O)S/C(=C/c2cc(C)n(-c3ccc(Cl)c(C(=O)O)c3)c2C)C1=O.